The van der Waals surface area contributed by atoms with E-state index in [0.717, 1.165) is 4.47 Å². The van der Waals surface area contributed by atoms with E-state index in [0.29, 0.717) is 0 Å². The first-order valence-corrected chi connectivity index (χ1v) is 4.53. The molecular formula is C8H4BrLiS. The summed E-state index contributed by atoms with van der Waals surface area (Å²) < 4.78 is 2.36. The molecule has 0 nitrogen and oxygen atoms in total. The van der Waals surface area contributed by atoms with Gasteiger partial charge < -0.3 is 0 Å². The third-order valence-electron chi connectivity index (χ3n) is 1.37. The molecule has 0 amide bonds. The van der Waals surface area contributed by atoms with Gasteiger partial charge in [-0.15, -0.1) is 27.6 Å². The number of halogens is 1. The second-order valence-corrected chi connectivity index (χ2v) is 3.66. The smallest absolute Gasteiger partial charge is 0.294 e. The van der Waals surface area contributed by atoms with Gasteiger partial charge in [0.1, 0.15) is 0 Å². The van der Waals surface area contributed by atoms with Crippen LogP contribution in [-0.4, -0.2) is 0 Å². The molecule has 3 heteroatoms. The summed E-state index contributed by atoms with van der Waals surface area (Å²) in [6, 6.07) is 8.26. The summed E-state index contributed by atoms with van der Waals surface area (Å²) in [6.07, 6.45) is 0. The summed E-state index contributed by atoms with van der Waals surface area (Å²) in [5.74, 6) is 0. The number of thiophene rings is 1. The number of hydrogen-bond acceptors (Lipinski definition) is 1. The quantitative estimate of drug-likeness (QED) is 0.446. The van der Waals surface area contributed by atoms with E-state index in [1.807, 2.05) is 12.1 Å². The molecule has 0 spiro atoms. The summed E-state index contributed by atoms with van der Waals surface area (Å²) in [6.45, 7) is 0. The Morgan fingerprint density at radius 3 is 2.73 bits per heavy atom. The third-order valence-corrected chi connectivity index (χ3v) is 3.14. The summed E-state index contributed by atoms with van der Waals surface area (Å²) in [5.41, 5.74) is 0. The second kappa shape index (κ2) is 3.78. The van der Waals surface area contributed by atoms with Crippen molar-refractivity contribution >= 4 is 37.4 Å². The van der Waals surface area contributed by atoms with E-state index < -0.39 is 0 Å². The van der Waals surface area contributed by atoms with Crippen molar-refractivity contribution in [1.29, 1.82) is 0 Å². The van der Waals surface area contributed by atoms with Crippen LogP contribution in [0.5, 0.6) is 0 Å². The summed E-state index contributed by atoms with van der Waals surface area (Å²) in [5, 5.41) is 4.39. The Kier molecular flexibility index (Phi) is 3.21. The average molecular weight is 219 g/mol. The van der Waals surface area contributed by atoms with Gasteiger partial charge in [0.05, 0.1) is 0 Å². The van der Waals surface area contributed by atoms with Crippen LogP contribution in [0.4, 0.5) is 0 Å². The van der Waals surface area contributed by atoms with Crippen molar-refractivity contribution in [1.82, 2.24) is 0 Å². The maximum atomic E-state index is 3.42. The van der Waals surface area contributed by atoms with Crippen LogP contribution < -0.4 is 18.9 Å². The van der Waals surface area contributed by atoms with Crippen LogP contribution in [0.3, 0.4) is 0 Å². The standard InChI is InChI=1S/C8H4BrS.Li/c9-7-5-10-8-4-2-1-3-6(7)8;/h1-4H;/q-1;+1. The molecule has 1 heterocycles. The molecule has 0 radical (unpaired) electrons. The van der Waals surface area contributed by atoms with Crippen LogP contribution in [0.1, 0.15) is 0 Å². The van der Waals surface area contributed by atoms with Gasteiger partial charge in [0.2, 0.25) is 0 Å². The van der Waals surface area contributed by atoms with Gasteiger partial charge >= 0.3 is 18.9 Å². The van der Waals surface area contributed by atoms with Gasteiger partial charge in [0, 0.05) is 0 Å². The van der Waals surface area contributed by atoms with Crippen molar-refractivity contribution in [3.05, 3.63) is 34.1 Å². The second-order valence-electron chi connectivity index (χ2n) is 2.01. The van der Waals surface area contributed by atoms with E-state index in [1.54, 1.807) is 11.3 Å². The van der Waals surface area contributed by atoms with Crippen LogP contribution in [0, 0.1) is 5.38 Å². The minimum absolute atomic E-state index is 0. The molecule has 0 saturated heterocycles. The summed E-state index contributed by atoms with van der Waals surface area (Å²) in [4.78, 5) is 0. The monoisotopic (exact) mass is 218 g/mol. The summed E-state index contributed by atoms with van der Waals surface area (Å²) >= 11 is 5.06. The van der Waals surface area contributed by atoms with Gasteiger partial charge in [-0.2, -0.15) is 0 Å². The van der Waals surface area contributed by atoms with Crippen molar-refractivity contribution in [3.63, 3.8) is 0 Å². The first kappa shape index (κ1) is 9.35. The maximum absolute atomic E-state index is 3.42. The number of rotatable bonds is 0. The Bertz CT molecular complexity index is 356. The van der Waals surface area contributed by atoms with Crippen LogP contribution in [0.2, 0.25) is 0 Å². The van der Waals surface area contributed by atoms with Crippen LogP contribution in [0.25, 0.3) is 10.1 Å². The van der Waals surface area contributed by atoms with Gasteiger partial charge in [-0.05, 0) is 0 Å². The first-order chi connectivity index (χ1) is 4.88. The molecule has 0 saturated carbocycles. The Hall–Kier alpha value is 0.257. The zero-order chi connectivity index (χ0) is 6.97. The third kappa shape index (κ3) is 1.70. The largest absolute Gasteiger partial charge is 1.00 e. The van der Waals surface area contributed by atoms with Gasteiger partial charge in [0.25, 0.3) is 0 Å². The van der Waals surface area contributed by atoms with Crippen molar-refractivity contribution in [2.75, 3.05) is 0 Å². The topological polar surface area (TPSA) is 0 Å². The van der Waals surface area contributed by atoms with Gasteiger partial charge in [-0.25, -0.2) is 0 Å². The van der Waals surface area contributed by atoms with Crippen LogP contribution >= 0.6 is 27.3 Å². The van der Waals surface area contributed by atoms with E-state index in [1.165, 1.54) is 10.1 Å². The summed E-state index contributed by atoms with van der Waals surface area (Å²) in [7, 11) is 0. The molecule has 50 valence electrons. The van der Waals surface area contributed by atoms with Gasteiger partial charge in [0.15, 0.2) is 0 Å². The van der Waals surface area contributed by atoms with Crippen LogP contribution in [0.15, 0.2) is 28.7 Å². The molecule has 0 N–H and O–H groups in total. The molecule has 11 heavy (non-hydrogen) atoms. The van der Waals surface area contributed by atoms with E-state index in [9.17, 15) is 0 Å². The van der Waals surface area contributed by atoms with E-state index in [4.69, 9.17) is 0 Å². The maximum Gasteiger partial charge on any atom is 1.00 e. The Labute approximate surface area is 89.9 Å². The minimum atomic E-state index is 0. The molecule has 0 aliphatic heterocycles. The normalized spacial score (nSPS) is 9.55. The Morgan fingerprint density at radius 2 is 2.00 bits per heavy atom. The number of benzene rings is 1. The van der Waals surface area contributed by atoms with E-state index >= 15 is 0 Å². The first-order valence-electron chi connectivity index (χ1n) is 2.92. The molecule has 0 bridgehead atoms. The molecular weight excluding hydrogens is 215 g/mol. The molecule has 0 aliphatic rings. The predicted molar refractivity (Wildman–Crippen MR) is 48.4 cm³/mol. The van der Waals surface area contributed by atoms with Crippen molar-refractivity contribution in [2.24, 2.45) is 0 Å². The molecule has 0 fully saturated rings. The number of hydrogen-bond donors (Lipinski definition) is 0. The molecule has 1 aromatic heterocycles. The van der Waals surface area contributed by atoms with E-state index in [-0.39, 0.29) is 18.9 Å². The molecule has 2 rings (SSSR count). The van der Waals surface area contributed by atoms with Crippen molar-refractivity contribution in [2.45, 2.75) is 0 Å². The molecule has 2 aromatic rings. The molecule has 0 unspecified atom stereocenters. The van der Waals surface area contributed by atoms with Gasteiger partial charge in [-0.3, -0.25) is 11.3 Å². The zero-order valence-corrected chi connectivity index (χ0v) is 8.50. The van der Waals surface area contributed by atoms with Crippen molar-refractivity contribution in [3.8, 4) is 0 Å². The Morgan fingerprint density at radius 1 is 1.27 bits per heavy atom. The fourth-order valence-corrected chi connectivity index (χ4v) is 2.35. The Balaban J connectivity index is 0.000000605. The van der Waals surface area contributed by atoms with Crippen LogP contribution in [-0.2, 0) is 0 Å². The molecule has 0 atom stereocenters. The fraction of sp³-hybridized carbons (Fsp3) is 0. The fourth-order valence-electron chi connectivity index (χ4n) is 0.892. The zero-order valence-electron chi connectivity index (χ0n) is 6.10. The van der Waals surface area contributed by atoms with E-state index in [2.05, 4.69) is 33.4 Å². The van der Waals surface area contributed by atoms with Crippen molar-refractivity contribution < 1.29 is 18.9 Å². The minimum Gasteiger partial charge on any atom is -0.294 e. The molecule has 0 aliphatic carbocycles. The SMILES string of the molecule is Brc1[c-]sc2ccccc12.[Li+]. The molecule has 1 aromatic carbocycles. The average Bonchev–Trinajstić information content (AvgIpc) is 2.34. The van der Waals surface area contributed by atoms with Gasteiger partial charge in [-0.1, -0.05) is 32.5 Å². The number of fused-ring (bicyclic) bond motifs is 1. The predicted octanol–water partition coefficient (Wildman–Crippen LogP) is 0.468.